The van der Waals surface area contributed by atoms with E-state index in [4.69, 9.17) is 4.74 Å². The number of hydrogen-bond donors (Lipinski definition) is 0. The van der Waals surface area contributed by atoms with Gasteiger partial charge in [-0.05, 0) is 44.9 Å². The van der Waals surface area contributed by atoms with Crippen molar-refractivity contribution in [3.8, 4) is 5.69 Å². The lowest BCUT2D eigenvalue weighted by Crippen LogP contribution is -2.40. The lowest BCUT2D eigenvalue weighted by molar-refractivity contribution is -0.143. The van der Waals surface area contributed by atoms with Crippen molar-refractivity contribution in [1.82, 2.24) is 23.1 Å². The summed E-state index contributed by atoms with van der Waals surface area (Å²) in [6.07, 6.45) is 0.888. The van der Waals surface area contributed by atoms with Gasteiger partial charge in [0.05, 0.1) is 13.0 Å². The predicted octanol–water partition coefficient (Wildman–Crippen LogP) is 2.27. The van der Waals surface area contributed by atoms with Crippen LogP contribution in [0.2, 0.25) is 0 Å². The average Bonchev–Trinajstić information content (AvgIpc) is 3.28. The van der Waals surface area contributed by atoms with Crippen LogP contribution < -0.4 is 11.2 Å². The van der Waals surface area contributed by atoms with E-state index in [1.807, 2.05) is 30.5 Å². The highest BCUT2D eigenvalue weighted by atomic mass is 16.5. The first-order chi connectivity index (χ1) is 15.3. The zero-order valence-electron chi connectivity index (χ0n) is 19.0. The molecule has 0 bridgehead atoms. The summed E-state index contributed by atoms with van der Waals surface area (Å²) in [7, 11) is 1.58. The van der Waals surface area contributed by atoms with Crippen LogP contribution in [0.1, 0.15) is 37.2 Å². The third kappa shape index (κ3) is 3.24. The van der Waals surface area contributed by atoms with Gasteiger partial charge in [-0.1, -0.05) is 19.1 Å². The normalized spacial score (nSPS) is 11.5. The molecule has 0 atom stereocenters. The van der Waals surface area contributed by atoms with E-state index in [2.05, 4.69) is 24.0 Å². The van der Waals surface area contributed by atoms with E-state index in [-0.39, 0.29) is 19.6 Å². The second-order valence-corrected chi connectivity index (χ2v) is 7.80. The highest BCUT2D eigenvalue weighted by Gasteiger charge is 2.23. The molecule has 0 saturated carbocycles. The van der Waals surface area contributed by atoms with Crippen molar-refractivity contribution in [1.29, 1.82) is 0 Å². The summed E-state index contributed by atoms with van der Waals surface area (Å²) in [6, 6.07) is 8.20. The second kappa shape index (κ2) is 8.14. The molecule has 32 heavy (non-hydrogen) atoms. The Labute approximate surface area is 184 Å². The standard InChI is InChI=1S/C23H27N5O4/c1-6-16-8-10-17(11-9-16)27-14(3)15(4)28-19-20(24-22(27)28)25(5)23(31)26(21(19)30)13-12-18(29)32-7-2/h8-11H,6-7,12-13H2,1-5H3. The summed E-state index contributed by atoms with van der Waals surface area (Å²) >= 11 is 0. The number of fused-ring (bicyclic) bond motifs is 3. The van der Waals surface area contributed by atoms with E-state index in [0.717, 1.165) is 28.1 Å². The number of aryl methyl sites for hydroxylation is 3. The van der Waals surface area contributed by atoms with E-state index < -0.39 is 17.2 Å². The van der Waals surface area contributed by atoms with Gasteiger partial charge in [0.1, 0.15) is 0 Å². The van der Waals surface area contributed by atoms with Crippen molar-refractivity contribution in [3.05, 3.63) is 62.1 Å². The summed E-state index contributed by atoms with van der Waals surface area (Å²) in [5, 5.41) is 0. The fourth-order valence-corrected chi connectivity index (χ4v) is 4.07. The first kappa shape index (κ1) is 21.6. The molecule has 0 N–H and O–H groups in total. The van der Waals surface area contributed by atoms with Crippen LogP contribution in [0.4, 0.5) is 0 Å². The minimum Gasteiger partial charge on any atom is -0.466 e. The maximum absolute atomic E-state index is 13.4. The fourth-order valence-electron chi connectivity index (χ4n) is 4.07. The number of ether oxygens (including phenoxy) is 1. The molecule has 0 radical (unpaired) electrons. The van der Waals surface area contributed by atoms with Gasteiger partial charge >= 0.3 is 11.7 Å². The van der Waals surface area contributed by atoms with Crippen molar-refractivity contribution < 1.29 is 9.53 Å². The van der Waals surface area contributed by atoms with Crippen molar-refractivity contribution in [2.24, 2.45) is 7.05 Å². The molecule has 1 aromatic carbocycles. The molecule has 0 spiro atoms. The van der Waals surface area contributed by atoms with E-state index in [1.165, 1.54) is 10.1 Å². The topological polar surface area (TPSA) is 92.5 Å². The smallest absolute Gasteiger partial charge is 0.332 e. The molecule has 0 aliphatic heterocycles. The zero-order chi connectivity index (χ0) is 23.2. The molecule has 3 heterocycles. The van der Waals surface area contributed by atoms with Gasteiger partial charge in [-0.3, -0.25) is 27.7 Å². The Bertz CT molecular complexity index is 1450. The Balaban J connectivity index is 1.96. The predicted molar refractivity (Wildman–Crippen MR) is 122 cm³/mol. The summed E-state index contributed by atoms with van der Waals surface area (Å²) in [5.74, 6) is 0.114. The third-order valence-electron chi connectivity index (χ3n) is 5.97. The Morgan fingerprint density at radius 3 is 2.38 bits per heavy atom. The van der Waals surface area contributed by atoms with E-state index >= 15 is 0 Å². The average molecular weight is 438 g/mol. The minimum absolute atomic E-state index is 0.0509. The molecule has 0 unspecified atom stereocenters. The third-order valence-corrected chi connectivity index (χ3v) is 5.97. The highest BCUT2D eigenvalue weighted by molar-refractivity contribution is 5.77. The minimum atomic E-state index is -0.513. The monoisotopic (exact) mass is 437 g/mol. The SMILES string of the molecule is CCOC(=O)CCn1c(=O)c2c(nc3n(-c4ccc(CC)cc4)c(C)c(C)n23)n(C)c1=O. The Morgan fingerprint density at radius 2 is 1.75 bits per heavy atom. The number of aromatic nitrogens is 5. The van der Waals surface area contributed by atoms with Gasteiger partial charge in [0, 0.05) is 30.7 Å². The molecular formula is C23H27N5O4. The molecule has 4 rings (SSSR count). The molecule has 3 aromatic heterocycles. The van der Waals surface area contributed by atoms with Crippen LogP contribution in [0, 0.1) is 13.8 Å². The Kier molecular flexibility index (Phi) is 5.50. The molecule has 0 fully saturated rings. The van der Waals surface area contributed by atoms with Crippen LogP contribution in [0.3, 0.4) is 0 Å². The van der Waals surface area contributed by atoms with Crippen LogP contribution in [0.25, 0.3) is 22.6 Å². The fraction of sp³-hybridized carbons (Fsp3) is 0.391. The van der Waals surface area contributed by atoms with Gasteiger partial charge in [0.25, 0.3) is 5.56 Å². The van der Waals surface area contributed by atoms with Gasteiger partial charge in [0.15, 0.2) is 11.2 Å². The van der Waals surface area contributed by atoms with E-state index in [9.17, 15) is 14.4 Å². The van der Waals surface area contributed by atoms with Gasteiger partial charge in [-0.15, -0.1) is 0 Å². The van der Waals surface area contributed by atoms with Gasteiger partial charge in [-0.2, -0.15) is 4.98 Å². The molecule has 0 saturated heterocycles. The van der Waals surface area contributed by atoms with Crippen LogP contribution in [-0.2, 0) is 29.5 Å². The molecule has 0 amide bonds. The van der Waals surface area contributed by atoms with E-state index in [0.29, 0.717) is 16.9 Å². The number of hydrogen-bond acceptors (Lipinski definition) is 5. The lowest BCUT2D eigenvalue weighted by atomic mass is 10.1. The second-order valence-electron chi connectivity index (χ2n) is 7.80. The first-order valence-electron chi connectivity index (χ1n) is 10.7. The molecular weight excluding hydrogens is 410 g/mol. The van der Waals surface area contributed by atoms with Crippen molar-refractivity contribution in [2.75, 3.05) is 6.61 Å². The number of rotatable bonds is 6. The molecule has 9 nitrogen and oxygen atoms in total. The van der Waals surface area contributed by atoms with Crippen LogP contribution in [0.5, 0.6) is 0 Å². The van der Waals surface area contributed by atoms with Crippen LogP contribution in [-0.4, -0.2) is 35.7 Å². The van der Waals surface area contributed by atoms with Gasteiger partial charge < -0.3 is 4.74 Å². The number of carbonyl (C=O) groups is 1. The maximum atomic E-state index is 13.4. The molecule has 4 aromatic rings. The van der Waals surface area contributed by atoms with Gasteiger partial charge in [0.2, 0.25) is 5.78 Å². The van der Waals surface area contributed by atoms with Crippen LogP contribution in [0.15, 0.2) is 33.9 Å². The number of nitrogens with zero attached hydrogens (tertiary/aromatic N) is 5. The highest BCUT2D eigenvalue weighted by Crippen LogP contribution is 2.24. The van der Waals surface area contributed by atoms with E-state index in [1.54, 1.807) is 18.4 Å². The molecule has 9 heteroatoms. The summed E-state index contributed by atoms with van der Waals surface area (Å²) in [6.45, 7) is 7.92. The quantitative estimate of drug-likeness (QED) is 0.432. The van der Waals surface area contributed by atoms with Crippen molar-refractivity contribution in [2.45, 2.75) is 47.1 Å². The van der Waals surface area contributed by atoms with Crippen molar-refractivity contribution in [3.63, 3.8) is 0 Å². The number of benzene rings is 1. The summed E-state index contributed by atoms with van der Waals surface area (Å²) < 4.78 is 11.2. The number of carbonyl (C=O) groups excluding carboxylic acids is 1. The Morgan fingerprint density at radius 1 is 1.06 bits per heavy atom. The molecule has 168 valence electrons. The molecule has 0 aliphatic rings. The summed E-state index contributed by atoms with van der Waals surface area (Å²) in [4.78, 5) is 42.7. The maximum Gasteiger partial charge on any atom is 0.332 e. The van der Waals surface area contributed by atoms with Crippen LogP contribution >= 0.6 is 0 Å². The lowest BCUT2D eigenvalue weighted by Gasteiger charge is -2.08. The Hall–Kier alpha value is -3.62. The first-order valence-corrected chi connectivity index (χ1v) is 10.7. The number of esters is 1. The van der Waals surface area contributed by atoms with Gasteiger partial charge in [-0.25, -0.2) is 4.79 Å². The van der Waals surface area contributed by atoms with Crippen molar-refractivity contribution >= 4 is 22.9 Å². The number of imidazole rings is 2. The summed E-state index contributed by atoms with van der Waals surface area (Å²) in [5.41, 5.74) is 3.61. The zero-order valence-corrected chi connectivity index (χ0v) is 19.0. The molecule has 0 aliphatic carbocycles. The largest absolute Gasteiger partial charge is 0.466 e.